The molecule has 214 valence electrons. The zero-order valence-corrected chi connectivity index (χ0v) is 24.8. The first-order valence-corrected chi connectivity index (χ1v) is 15.4. The van der Waals surface area contributed by atoms with Gasteiger partial charge in [-0.2, -0.15) is 0 Å². The second-order valence-corrected chi connectivity index (χ2v) is 14.2. The van der Waals surface area contributed by atoms with Gasteiger partial charge < -0.3 is 10.6 Å². The zero-order chi connectivity index (χ0) is 28.1. The fraction of sp³-hybridized carbons (Fsp3) is 0.727. The molecule has 0 bridgehead atoms. The Morgan fingerprint density at radius 2 is 1.67 bits per heavy atom. The maximum absolute atomic E-state index is 14.0. The lowest BCUT2D eigenvalue weighted by Gasteiger charge is -2.61. The monoisotopic (exact) mass is 535 g/mol. The lowest BCUT2D eigenvalue weighted by molar-refractivity contribution is -0.150. The SMILES string of the molecule is CC(C)NC(=O)N(C(=O)[C@H]1CC[C@H]2[C@@H]3CC[C@H]4NC(=O)C(Cc5ccccc5)C[C@]4(C)[C@H]3CC[C@]12C)C(C)C. The minimum Gasteiger partial charge on any atom is -0.353 e. The van der Waals surface area contributed by atoms with Crippen LogP contribution in [0.1, 0.15) is 92.1 Å². The Balaban J connectivity index is 1.35. The fourth-order valence-electron chi connectivity index (χ4n) is 9.44. The summed E-state index contributed by atoms with van der Waals surface area (Å²) in [4.78, 5) is 41.7. The molecule has 5 rings (SSSR count). The highest BCUT2D eigenvalue weighted by Gasteiger charge is 2.62. The highest BCUT2D eigenvalue weighted by atomic mass is 16.2. The third-order valence-electron chi connectivity index (χ3n) is 11.3. The molecule has 39 heavy (non-hydrogen) atoms. The van der Waals surface area contributed by atoms with E-state index >= 15 is 0 Å². The number of amides is 4. The first-order valence-electron chi connectivity index (χ1n) is 15.4. The Kier molecular flexibility index (Phi) is 7.62. The van der Waals surface area contributed by atoms with Crippen LogP contribution in [0.5, 0.6) is 0 Å². The van der Waals surface area contributed by atoms with E-state index in [0.717, 1.165) is 51.4 Å². The molecule has 0 spiro atoms. The molecule has 3 saturated carbocycles. The summed E-state index contributed by atoms with van der Waals surface area (Å²) in [6.45, 7) is 12.5. The first-order chi connectivity index (χ1) is 18.5. The van der Waals surface area contributed by atoms with E-state index in [-0.39, 0.29) is 58.6 Å². The Bertz CT molecular complexity index is 1090. The van der Waals surface area contributed by atoms with E-state index in [1.54, 1.807) is 0 Å². The van der Waals surface area contributed by atoms with Gasteiger partial charge in [-0.3, -0.25) is 14.5 Å². The summed E-state index contributed by atoms with van der Waals surface area (Å²) in [6.07, 6.45) is 7.95. The van der Waals surface area contributed by atoms with Gasteiger partial charge >= 0.3 is 6.03 Å². The largest absolute Gasteiger partial charge is 0.353 e. The summed E-state index contributed by atoms with van der Waals surface area (Å²) < 4.78 is 0. The quantitative estimate of drug-likeness (QED) is 0.489. The molecule has 0 radical (unpaired) electrons. The molecule has 1 unspecified atom stereocenters. The molecule has 1 aliphatic heterocycles. The van der Waals surface area contributed by atoms with Crippen LogP contribution >= 0.6 is 0 Å². The van der Waals surface area contributed by atoms with Crippen molar-refractivity contribution >= 4 is 17.8 Å². The standard InChI is InChI=1S/C33H49N3O3/c1-20(2)34-31(39)36(21(3)4)30(38)27-14-13-25-24-12-15-28-33(6,26(24)16-17-32(25,27)5)19-23(29(37)35-28)18-22-10-8-7-9-11-22/h7-11,20-21,23-28H,12-19H2,1-6H3,(H,34,39)(H,35,37)/t23?,24-,25-,26-,27+,28+,32-,33+/m0/s1. The Morgan fingerprint density at radius 3 is 2.33 bits per heavy atom. The molecular formula is C33H49N3O3. The van der Waals surface area contributed by atoms with E-state index in [9.17, 15) is 14.4 Å². The minimum atomic E-state index is -0.263. The number of imide groups is 1. The van der Waals surface area contributed by atoms with Crippen LogP contribution in [0.4, 0.5) is 4.79 Å². The number of carbonyl (C=O) groups excluding carboxylic acids is 3. The third-order valence-corrected chi connectivity index (χ3v) is 11.3. The van der Waals surface area contributed by atoms with Crippen molar-refractivity contribution in [3.63, 3.8) is 0 Å². The molecule has 6 nitrogen and oxygen atoms in total. The molecule has 4 aliphatic rings. The second kappa shape index (κ2) is 10.6. The van der Waals surface area contributed by atoms with Gasteiger partial charge in [0.2, 0.25) is 11.8 Å². The number of piperidine rings is 1. The molecule has 1 aromatic carbocycles. The zero-order valence-electron chi connectivity index (χ0n) is 24.8. The van der Waals surface area contributed by atoms with Crippen LogP contribution < -0.4 is 10.6 Å². The predicted molar refractivity (Wildman–Crippen MR) is 154 cm³/mol. The molecular weight excluding hydrogens is 486 g/mol. The Morgan fingerprint density at radius 1 is 0.974 bits per heavy atom. The Labute approximate surface area is 235 Å². The average Bonchev–Trinajstić information content (AvgIpc) is 3.22. The number of urea groups is 1. The molecule has 1 saturated heterocycles. The van der Waals surface area contributed by atoms with Crippen molar-refractivity contribution in [2.45, 2.75) is 111 Å². The van der Waals surface area contributed by atoms with Crippen molar-refractivity contribution in [1.82, 2.24) is 15.5 Å². The van der Waals surface area contributed by atoms with E-state index < -0.39 is 0 Å². The summed E-state index contributed by atoms with van der Waals surface area (Å²) in [7, 11) is 0. The number of hydrogen-bond acceptors (Lipinski definition) is 3. The molecule has 3 aliphatic carbocycles. The van der Waals surface area contributed by atoms with Crippen LogP contribution in [0.15, 0.2) is 30.3 Å². The van der Waals surface area contributed by atoms with Gasteiger partial charge in [-0.05, 0) is 113 Å². The van der Waals surface area contributed by atoms with Crippen LogP contribution in [0.3, 0.4) is 0 Å². The van der Waals surface area contributed by atoms with Crippen molar-refractivity contribution in [2.75, 3.05) is 0 Å². The molecule has 1 heterocycles. The number of rotatable bonds is 5. The number of benzene rings is 1. The van der Waals surface area contributed by atoms with Crippen molar-refractivity contribution in [3.8, 4) is 0 Å². The van der Waals surface area contributed by atoms with Crippen molar-refractivity contribution in [2.24, 2.45) is 40.4 Å². The smallest absolute Gasteiger partial charge is 0.324 e. The number of hydrogen-bond donors (Lipinski definition) is 2. The fourth-order valence-corrected chi connectivity index (χ4v) is 9.44. The van der Waals surface area contributed by atoms with Crippen LogP contribution in [-0.2, 0) is 16.0 Å². The van der Waals surface area contributed by atoms with Gasteiger partial charge in [-0.15, -0.1) is 0 Å². The van der Waals surface area contributed by atoms with Crippen molar-refractivity contribution in [1.29, 1.82) is 0 Å². The van der Waals surface area contributed by atoms with Gasteiger partial charge in [-0.1, -0.05) is 44.2 Å². The number of nitrogens with zero attached hydrogens (tertiary/aromatic N) is 1. The predicted octanol–water partition coefficient (Wildman–Crippen LogP) is 5.95. The summed E-state index contributed by atoms with van der Waals surface area (Å²) in [5, 5.41) is 6.42. The minimum absolute atomic E-state index is 0.00784. The van der Waals surface area contributed by atoms with Gasteiger partial charge in [0.25, 0.3) is 0 Å². The van der Waals surface area contributed by atoms with E-state index in [0.29, 0.717) is 17.8 Å². The molecule has 4 fully saturated rings. The molecule has 1 aromatic rings. The van der Waals surface area contributed by atoms with Gasteiger partial charge in [0.15, 0.2) is 0 Å². The lowest BCUT2D eigenvalue weighted by atomic mass is 9.46. The molecule has 4 amide bonds. The molecule has 6 heteroatoms. The summed E-state index contributed by atoms with van der Waals surface area (Å²) in [5.41, 5.74) is 1.24. The van der Waals surface area contributed by atoms with E-state index in [4.69, 9.17) is 0 Å². The molecule has 2 N–H and O–H groups in total. The number of nitrogens with one attached hydrogen (secondary N) is 2. The normalized spacial score (nSPS) is 37.5. The van der Waals surface area contributed by atoms with E-state index in [1.165, 1.54) is 10.5 Å². The summed E-state index contributed by atoms with van der Waals surface area (Å²) in [6, 6.07) is 10.2. The van der Waals surface area contributed by atoms with E-state index in [1.807, 2.05) is 33.8 Å². The van der Waals surface area contributed by atoms with Crippen molar-refractivity contribution < 1.29 is 14.4 Å². The highest BCUT2D eigenvalue weighted by Crippen LogP contribution is 2.66. The summed E-state index contributed by atoms with van der Waals surface area (Å²) >= 11 is 0. The Hall–Kier alpha value is -2.37. The van der Waals surface area contributed by atoms with Crippen LogP contribution in [0.2, 0.25) is 0 Å². The number of carbonyl (C=O) groups is 3. The summed E-state index contributed by atoms with van der Waals surface area (Å²) in [5.74, 6) is 1.78. The second-order valence-electron chi connectivity index (χ2n) is 14.2. The maximum Gasteiger partial charge on any atom is 0.324 e. The van der Waals surface area contributed by atoms with Gasteiger partial charge in [-0.25, -0.2) is 4.79 Å². The lowest BCUT2D eigenvalue weighted by Crippen LogP contribution is -2.63. The van der Waals surface area contributed by atoms with Gasteiger partial charge in [0.1, 0.15) is 0 Å². The highest BCUT2D eigenvalue weighted by molar-refractivity contribution is 5.96. The van der Waals surface area contributed by atoms with Gasteiger partial charge in [0.05, 0.1) is 0 Å². The molecule has 0 aromatic heterocycles. The first kappa shape index (κ1) is 28.2. The topological polar surface area (TPSA) is 78.5 Å². The average molecular weight is 536 g/mol. The third kappa shape index (κ3) is 4.91. The van der Waals surface area contributed by atoms with Crippen molar-refractivity contribution in [3.05, 3.63) is 35.9 Å². The number of fused-ring (bicyclic) bond motifs is 5. The van der Waals surface area contributed by atoms with Crippen LogP contribution in [0.25, 0.3) is 0 Å². The van der Waals surface area contributed by atoms with E-state index in [2.05, 4.69) is 48.7 Å². The van der Waals surface area contributed by atoms with Crippen LogP contribution in [0, 0.1) is 40.4 Å². The van der Waals surface area contributed by atoms with Gasteiger partial charge in [0, 0.05) is 30.0 Å². The van der Waals surface area contributed by atoms with Crippen LogP contribution in [-0.4, -0.2) is 40.9 Å². The maximum atomic E-state index is 14.0. The molecule has 8 atom stereocenters.